The predicted octanol–water partition coefficient (Wildman–Crippen LogP) is 2.43. The smallest absolute Gasteiger partial charge is 0.224 e. The molecule has 0 bridgehead atoms. The van der Waals surface area contributed by atoms with E-state index >= 15 is 0 Å². The first-order chi connectivity index (χ1) is 9.20. The van der Waals surface area contributed by atoms with E-state index in [0.717, 1.165) is 32.4 Å². The monoisotopic (exact) mass is 260 g/mol. The quantitative estimate of drug-likeness (QED) is 0.873. The Morgan fingerprint density at radius 2 is 2.16 bits per heavy atom. The SMILES string of the molecule is CCc1ccc(C(C)NC(=O)[C@H]2CCCNC2)cc1. The summed E-state index contributed by atoms with van der Waals surface area (Å²) in [6.07, 6.45) is 3.15. The molecule has 2 rings (SSSR count). The molecule has 2 atom stereocenters. The number of carbonyl (C=O) groups excluding carboxylic acids is 1. The van der Waals surface area contributed by atoms with Crippen LogP contribution >= 0.6 is 0 Å². The highest BCUT2D eigenvalue weighted by Crippen LogP contribution is 2.16. The minimum absolute atomic E-state index is 0.0836. The van der Waals surface area contributed by atoms with Gasteiger partial charge >= 0.3 is 0 Å². The van der Waals surface area contributed by atoms with Crippen molar-refractivity contribution in [3.63, 3.8) is 0 Å². The second-order valence-corrected chi connectivity index (χ2v) is 5.37. The van der Waals surface area contributed by atoms with Crippen molar-refractivity contribution in [3.8, 4) is 0 Å². The Labute approximate surface area is 115 Å². The zero-order valence-electron chi connectivity index (χ0n) is 11.9. The highest BCUT2D eigenvalue weighted by atomic mass is 16.1. The van der Waals surface area contributed by atoms with Gasteiger partial charge in [0.05, 0.1) is 12.0 Å². The second-order valence-electron chi connectivity index (χ2n) is 5.37. The van der Waals surface area contributed by atoms with E-state index in [2.05, 4.69) is 48.7 Å². The summed E-state index contributed by atoms with van der Waals surface area (Å²) < 4.78 is 0. The summed E-state index contributed by atoms with van der Waals surface area (Å²) in [7, 11) is 0. The van der Waals surface area contributed by atoms with E-state index < -0.39 is 0 Å². The van der Waals surface area contributed by atoms with E-state index in [4.69, 9.17) is 0 Å². The highest BCUT2D eigenvalue weighted by molar-refractivity contribution is 5.79. The molecule has 2 N–H and O–H groups in total. The Morgan fingerprint density at radius 1 is 1.42 bits per heavy atom. The molecule has 104 valence electrons. The van der Waals surface area contributed by atoms with E-state index in [0.29, 0.717) is 0 Å². The van der Waals surface area contributed by atoms with Crippen molar-refractivity contribution in [1.29, 1.82) is 0 Å². The second kappa shape index (κ2) is 6.71. The van der Waals surface area contributed by atoms with Gasteiger partial charge in [-0.2, -0.15) is 0 Å². The minimum Gasteiger partial charge on any atom is -0.349 e. The van der Waals surface area contributed by atoms with E-state index in [1.54, 1.807) is 0 Å². The molecule has 0 spiro atoms. The molecule has 1 fully saturated rings. The predicted molar refractivity (Wildman–Crippen MR) is 78.0 cm³/mol. The first kappa shape index (κ1) is 14.1. The molecule has 0 saturated carbocycles. The van der Waals surface area contributed by atoms with Crippen molar-refractivity contribution in [2.24, 2.45) is 5.92 Å². The Balaban J connectivity index is 1.91. The molecule has 1 saturated heterocycles. The zero-order chi connectivity index (χ0) is 13.7. The van der Waals surface area contributed by atoms with Crippen molar-refractivity contribution in [1.82, 2.24) is 10.6 Å². The first-order valence-electron chi connectivity index (χ1n) is 7.30. The Kier molecular flexibility index (Phi) is 4.97. The molecule has 0 radical (unpaired) electrons. The van der Waals surface area contributed by atoms with Crippen LogP contribution in [0.1, 0.15) is 43.9 Å². The first-order valence-corrected chi connectivity index (χ1v) is 7.30. The maximum absolute atomic E-state index is 12.2. The lowest BCUT2D eigenvalue weighted by Gasteiger charge is -2.24. The van der Waals surface area contributed by atoms with Gasteiger partial charge in [0, 0.05) is 6.54 Å². The number of piperidine rings is 1. The van der Waals surface area contributed by atoms with Crippen LogP contribution in [0.5, 0.6) is 0 Å². The fourth-order valence-electron chi connectivity index (χ4n) is 2.53. The van der Waals surface area contributed by atoms with E-state index in [9.17, 15) is 4.79 Å². The van der Waals surface area contributed by atoms with E-state index in [1.807, 2.05) is 0 Å². The fraction of sp³-hybridized carbons (Fsp3) is 0.562. The molecule has 0 aromatic heterocycles. The summed E-state index contributed by atoms with van der Waals surface area (Å²) in [5.74, 6) is 0.311. The molecule has 1 unspecified atom stereocenters. The molecule has 1 heterocycles. The van der Waals surface area contributed by atoms with Crippen LogP contribution in [-0.4, -0.2) is 19.0 Å². The summed E-state index contributed by atoms with van der Waals surface area (Å²) >= 11 is 0. The van der Waals surface area contributed by atoms with Crippen LogP contribution in [0.3, 0.4) is 0 Å². The minimum atomic E-state index is 0.0836. The molecular weight excluding hydrogens is 236 g/mol. The van der Waals surface area contributed by atoms with Crippen molar-refractivity contribution in [2.45, 2.75) is 39.2 Å². The fourth-order valence-corrected chi connectivity index (χ4v) is 2.53. The average Bonchev–Trinajstić information content (AvgIpc) is 2.48. The number of amides is 1. The summed E-state index contributed by atoms with van der Waals surface area (Å²) in [5, 5.41) is 6.41. The number of hydrogen-bond acceptors (Lipinski definition) is 2. The summed E-state index contributed by atoms with van der Waals surface area (Å²) in [6.45, 7) is 6.05. The average molecular weight is 260 g/mol. The Hall–Kier alpha value is -1.35. The lowest BCUT2D eigenvalue weighted by molar-refractivity contribution is -0.126. The molecule has 3 nitrogen and oxygen atoms in total. The molecule has 1 aliphatic heterocycles. The van der Waals surface area contributed by atoms with Gasteiger partial charge in [-0.15, -0.1) is 0 Å². The lowest BCUT2D eigenvalue weighted by Crippen LogP contribution is -2.41. The number of benzene rings is 1. The molecule has 3 heteroatoms. The number of carbonyl (C=O) groups is 1. The molecule has 1 aromatic rings. The van der Waals surface area contributed by atoms with Gasteiger partial charge in [-0.3, -0.25) is 4.79 Å². The summed E-state index contributed by atoms with van der Waals surface area (Å²) in [5.41, 5.74) is 2.51. The number of hydrogen-bond donors (Lipinski definition) is 2. The van der Waals surface area contributed by atoms with Gasteiger partial charge in [-0.05, 0) is 43.9 Å². The van der Waals surface area contributed by atoms with Gasteiger partial charge in [0.1, 0.15) is 0 Å². The van der Waals surface area contributed by atoms with Crippen LogP contribution in [0.2, 0.25) is 0 Å². The molecule has 1 aromatic carbocycles. The van der Waals surface area contributed by atoms with Crippen LogP contribution in [0.25, 0.3) is 0 Å². The topological polar surface area (TPSA) is 41.1 Å². The zero-order valence-corrected chi connectivity index (χ0v) is 11.9. The maximum Gasteiger partial charge on any atom is 0.224 e. The Bertz CT molecular complexity index is 407. The third-order valence-electron chi connectivity index (χ3n) is 3.91. The third-order valence-corrected chi connectivity index (χ3v) is 3.91. The van der Waals surface area contributed by atoms with Crippen LogP contribution in [0.15, 0.2) is 24.3 Å². The van der Waals surface area contributed by atoms with Crippen molar-refractivity contribution in [2.75, 3.05) is 13.1 Å². The summed E-state index contributed by atoms with van der Waals surface area (Å²) in [4.78, 5) is 12.2. The molecule has 1 aliphatic rings. The normalized spacial score (nSPS) is 20.8. The van der Waals surface area contributed by atoms with Crippen LogP contribution in [0.4, 0.5) is 0 Å². The maximum atomic E-state index is 12.2. The van der Waals surface area contributed by atoms with Crippen LogP contribution < -0.4 is 10.6 Å². The Morgan fingerprint density at radius 3 is 2.74 bits per heavy atom. The van der Waals surface area contributed by atoms with Crippen LogP contribution in [-0.2, 0) is 11.2 Å². The molecule has 1 amide bonds. The van der Waals surface area contributed by atoms with Crippen molar-refractivity contribution >= 4 is 5.91 Å². The van der Waals surface area contributed by atoms with Crippen LogP contribution in [0, 0.1) is 5.92 Å². The molecular formula is C16H24N2O. The van der Waals surface area contributed by atoms with Crippen molar-refractivity contribution in [3.05, 3.63) is 35.4 Å². The van der Waals surface area contributed by atoms with E-state index in [1.165, 1.54) is 11.1 Å². The lowest BCUT2D eigenvalue weighted by atomic mass is 9.97. The highest BCUT2D eigenvalue weighted by Gasteiger charge is 2.22. The third kappa shape index (κ3) is 3.80. The number of rotatable bonds is 4. The standard InChI is InChI=1S/C16H24N2O/c1-3-13-6-8-14(9-7-13)12(2)18-16(19)15-5-4-10-17-11-15/h6-9,12,15,17H,3-5,10-11H2,1-2H3,(H,18,19)/t12?,15-/m0/s1. The van der Waals surface area contributed by atoms with Gasteiger partial charge in [0.25, 0.3) is 0 Å². The molecule has 0 aliphatic carbocycles. The summed E-state index contributed by atoms with van der Waals surface area (Å²) in [6, 6.07) is 8.59. The number of nitrogens with one attached hydrogen (secondary N) is 2. The van der Waals surface area contributed by atoms with Gasteiger partial charge in [-0.1, -0.05) is 31.2 Å². The van der Waals surface area contributed by atoms with Gasteiger partial charge in [0.2, 0.25) is 5.91 Å². The van der Waals surface area contributed by atoms with Crippen molar-refractivity contribution < 1.29 is 4.79 Å². The van der Waals surface area contributed by atoms with Gasteiger partial charge < -0.3 is 10.6 Å². The van der Waals surface area contributed by atoms with Gasteiger partial charge in [-0.25, -0.2) is 0 Å². The van der Waals surface area contributed by atoms with Gasteiger partial charge in [0.15, 0.2) is 0 Å². The number of aryl methyl sites for hydroxylation is 1. The van der Waals surface area contributed by atoms with E-state index in [-0.39, 0.29) is 17.9 Å². The largest absolute Gasteiger partial charge is 0.349 e. The molecule has 19 heavy (non-hydrogen) atoms.